The molecule has 1 aliphatic heterocycles. The molecule has 5 heteroatoms. The van der Waals surface area contributed by atoms with Crippen LogP contribution in [-0.2, 0) is 13.1 Å². The molecule has 12 heavy (non-hydrogen) atoms. The molecule has 0 aromatic carbocycles. The van der Waals surface area contributed by atoms with E-state index in [0.29, 0.717) is 0 Å². The number of nitrogens with zero attached hydrogens (tertiary/aromatic N) is 4. The Kier molecular flexibility index (Phi) is 1.73. The molecular formula is C7H13N5. The Labute approximate surface area is 71.4 Å². The molecule has 0 spiro atoms. The van der Waals surface area contributed by atoms with Gasteiger partial charge in [0.05, 0.1) is 6.54 Å². The van der Waals surface area contributed by atoms with Gasteiger partial charge in [-0.1, -0.05) is 5.21 Å². The standard InChI is InChI=1S/C7H13N5/c1-8-5-6-7-11(2)3-4-12(7)10-9-6/h8H,3-5H2,1-2H3. The minimum atomic E-state index is 0.791. The van der Waals surface area contributed by atoms with Crippen LogP contribution in [0.25, 0.3) is 0 Å². The Morgan fingerprint density at radius 3 is 3.08 bits per heavy atom. The average Bonchev–Trinajstić information content (AvgIpc) is 2.58. The van der Waals surface area contributed by atoms with E-state index in [2.05, 4.69) is 27.6 Å². The number of hydrogen-bond donors (Lipinski definition) is 1. The van der Waals surface area contributed by atoms with E-state index < -0.39 is 0 Å². The molecule has 1 aromatic rings. The van der Waals surface area contributed by atoms with Crippen LogP contribution in [0.15, 0.2) is 0 Å². The van der Waals surface area contributed by atoms with Gasteiger partial charge in [0.1, 0.15) is 5.69 Å². The van der Waals surface area contributed by atoms with Crippen molar-refractivity contribution in [3.8, 4) is 0 Å². The van der Waals surface area contributed by atoms with Crippen molar-refractivity contribution in [3.63, 3.8) is 0 Å². The van der Waals surface area contributed by atoms with Gasteiger partial charge in [-0.3, -0.25) is 0 Å². The fourth-order valence-electron chi connectivity index (χ4n) is 1.54. The second-order valence-corrected chi connectivity index (χ2v) is 3.03. The first kappa shape index (κ1) is 7.54. The number of fused-ring (bicyclic) bond motifs is 1. The summed E-state index contributed by atoms with van der Waals surface area (Å²) in [4.78, 5) is 2.19. The largest absolute Gasteiger partial charge is 0.356 e. The van der Waals surface area contributed by atoms with Crippen molar-refractivity contribution in [1.29, 1.82) is 0 Å². The molecule has 1 aliphatic rings. The van der Waals surface area contributed by atoms with Gasteiger partial charge in [-0.15, -0.1) is 5.10 Å². The fraction of sp³-hybridized carbons (Fsp3) is 0.714. The molecule has 0 atom stereocenters. The van der Waals surface area contributed by atoms with E-state index in [4.69, 9.17) is 0 Å². The number of rotatable bonds is 2. The monoisotopic (exact) mass is 167 g/mol. The predicted molar refractivity (Wildman–Crippen MR) is 46.1 cm³/mol. The summed E-state index contributed by atoms with van der Waals surface area (Å²) in [5.41, 5.74) is 1.04. The summed E-state index contributed by atoms with van der Waals surface area (Å²) in [5.74, 6) is 1.16. The van der Waals surface area contributed by atoms with Crippen LogP contribution in [0.2, 0.25) is 0 Å². The second-order valence-electron chi connectivity index (χ2n) is 3.03. The van der Waals surface area contributed by atoms with Gasteiger partial charge < -0.3 is 10.2 Å². The average molecular weight is 167 g/mol. The third kappa shape index (κ3) is 0.972. The Bertz CT molecular complexity index is 279. The third-order valence-electron chi connectivity index (χ3n) is 2.13. The smallest absolute Gasteiger partial charge is 0.151 e. The molecule has 1 N–H and O–H groups in total. The van der Waals surface area contributed by atoms with Crippen molar-refractivity contribution in [3.05, 3.63) is 5.69 Å². The van der Waals surface area contributed by atoms with Crippen molar-refractivity contribution in [2.75, 3.05) is 25.5 Å². The zero-order valence-corrected chi connectivity index (χ0v) is 7.41. The molecule has 0 unspecified atom stereocenters. The summed E-state index contributed by atoms with van der Waals surface area (Å²) < 4.78 is 1.95. The molecule has 0 bridgehead atoms. The van der Waals surface area contributed by atoms with Crippen molar-refractivity contribution in [1.82, 2.24) is 20.3 Å². The molecule has 5 nitrogen and oxygen atoms in total. The van der Waals surface area contributed by atoms with Gasteiger partial charge in [0.25, 0.3) is 0 Å². The first-order chi connectivity index (χ1) is 5.83. The topological polar surface area (TPSA) is 46.0 Å². The molecule has 0 saturated carbocycles. The highest BCUT2D eigenvalue weighted by Gasteiger charge is 2.21. The predicted octanol–water partition coefficient (Wildman–Crippen LogP) is -0.553. The van der Waals surface area contributed by atoms with Crippen molar-refractivity contribution in [2.45, 2.75) is 13.1 Å². The van der Waals surface area contributed by atoms with E-state index in [0.717, 1.165) is 31.1 Å². The van der Waals surface area contributed by atoms with E-state index in [-0.39, 0.29) is 0 Å². The summed E-state index contributed by atoms with van der Waals surface area (Å²) in [6.07, 6.45) is 0. The molecule has 1 aromatic heterocycles. The lowest BCUT2D eigenvalue weighted by Gasteiger charge is -2.09. The van der Waals surface area contributed by atoms with Crippen molar-refractivity contribution in [2.24, 2.45) is 0 Å². The molecule has 2 heterocycles. The summed E-state index contributed by atoms with van der Waals surface area (Å²) in [7, 11) is 3.99. The zero-order valence-electron chi connectivity index (χ0n) is 7.41. The third-order valence-corrected chi connectivity index (χ3v) is 2.13. The summed E-state index contributed by atoms with van der Waals surface area (Å²) >= 11 is 0. The van der Waals surface area contributed by atoms with Gasteiger partial charge in [-0.25, -0.2) is 4.68 Å². The Hall–Kier alpha value is -1.10. The van der Waals surface area contributed by atoms with E-state index in [1.165, 1.54) is 0 Å². The maximum absolute atomic E-state index is 4.09. The highest BCUT2D eigenvalue weighted by Crippen LogP contribution is 2.21. The maximum Gasteiger partial charge on any atom is 0.151 e. The minimum absolute atomic E-state index is 0.791. The van der Waals surface area contributed by atoms with Crippen LogP contribution in [0.5, 0.6) is 0 Å². The SMILES string of the molecule is CNCc1nnn2c1N(C)CC2. The Balaban J connectivity index is 2.32. The fourth-order valence-corrected chi connectivity index (χ4v) is 1.54. The van der Waals surface area contributed by atoms with Gasteiger partial charge in [0.15, 0.2) is 5.82 Å². The lowest BCUT2D eigenvalue weighted by molar-refractivity contribution is 0.646. The molecule has 66 valence electrons. The summed E-state index contributed by atoms with van der Waals surface area (Å²) in [6.45, 7) is 2.80. The van der Waals surface area contributed by atoms with Crippen LogP contribution in [0.4, 0.5) is 5.82 Å². The van der Waals surface area contributed by atoms with Crippen molar-refractivity contribution >= 4 is 5.82 Å². The quantitative estimate of drug-likeness (QED) is 0.642. The minimum Gasteiger partial charge on any atom is -0.356 e. The summed E-state index contributed by atoms with van der Waals surface area (Å²) in [6, 6.07) is 0. The first-order valence-corrected chi connectivity index (χ1v) is 4.11. The van der Waals surface area contributed by atoms with Crippen LogP contribution in [0.1, 0.15) is 5.69 Å². The lowest BCUT2D eigenvalue weighted by Crippen LogP contribution is -2.16. The van der Waals surface area contributed by atoms with E-state index in [9.17, 15) is 0 Å². The highest BCUT2D eigenvalue weighted by molar-refractivity contribution is 5.45. The molecular weight excluding hydrogens is 154 g/mol. The van der Waals surface area contributed by atoms with Crippen LogP contribution in [0.3, 0.4) is 0 Å². The number of nitrogens with one attached hydrogen (secondary N) is 1. The first-order valence-electron chi connectivity index (χ1n) is 4.11. The second kappa shape index (κ2) is 2.75. The number of aromatic nitrogens is 3. The van der Waals surface area contributed by atoms with Crippen molar-refractivity contribution < 1.29 is 0 Å². The maximum atomic E-state index is 4.09. The Morgan fingerprint density at radius 2 is 2.33 bits per heavy atom. The Morgan fingerprint density at radius 1 is 1.50 bits per heavy atom. The lowest BCUT2D eigenvalue weighted by atomic mass is 10.4. The molecule has 0 aliphatic carbocycles. The van der Waals surface area contributed by atoms with Gasteiger partial charge >= 0.3 is 0 Å². The van der Waals surface area contributed by atoms with Gasteiger partial charge in [0.2, 0.25) is 0 Å². The summed E-state index contributed by atoms with van der Waals surface area (Å²) in [5, 5.41) is 11.2. The molecule has 0 fully saturated rings. The van der Waals surface area contributed by atoms with Gasteiger partial charge in [-0.2, -0.15) is 0 Å². The van der Waals surface area contributed by atoms with Gasteiger partial charge in [-0.05, 0) is 7.05 Å². The van der Waals surface area contributed by atoms with Crippen LogP contribution in [-0.4, -0.2) is 35.6 Å². The van der Waals surface area contributed by atoms with Crippen LogP contribution < -0.4 is 10.2 Å². The van der Waals surface area contributed by atoms with Crippen LogP contribution >= 0.6 is 0 Å². The number of likely N-dealkylation sites (N-methyl/N-ethyl adjacent to an activating group) is 1. The molecule has 0 amide bonds. The zero-order chi connectivity index (χ0) is 8.55. The molecule has 2 rings (SSSR count). The molecule has 0 saturated heterocycles. The number of anilines is 1. The van der Waals surface area contributed by atoms with Gasteiger partial charge in [0, 0.05) is 20.1 Å². The molecule has 0 radical (unpaired) electrons. The van der Waals surface area contributed by atoms with E-state index >= 15 is 0 Å². The normalized spacial score (nSPS) is 15.3. The van der Waals surface area contributed by atoms with E-state index in [1.807, 2.05) is 11.7 Å². The highest BCUT2D eigenvalue weighted by atomic mass is 15.5. The number of hydrogen-bond acceptors (Lipinski definition) is 4. The van der Waals surface area contributed by atoms with Crippen LogP contribution in [0, 0.1) is 0 Å². The van der Waals surface area contributed by atoms with E-state index in [1.54, 1.807) is 0 Å².